The van der Waals surface area contributed by atoms with E-state index < -0.39 is 0 Å². The SMILES string of the molecule is CC(C)c1cc(C(C)C)c2ncn(C=CC(=O)NCCCCc3cccnc3)c(=O)c2c1.Cl. The van der Waals surface area contributed by atoms with Crippen LogP contribution in [0.1, 0.15) is 69.1 Å². The fourth-order valence-corrected chi connectivity index (χ4v) is 3.60. The second-order valence-corrected chi connectivity index (χ2v) is 8.70. The van der Waals surface area contributed by atoms with Crippen molar-refractivity contribution in [1.82, 2.24) is 19.9 Å². The number of hydrogen-bond donors (Lipinski definition) is 1. The minimum atomic E-state index is -0.225. The fraction of sp³-hybridized carbons (Fsp3) is 0.385. The third kappa shape index (κ3) is 6.99. The Kier molecular flexibility index (Phi) is 9.79. The molecule has 176 valence electrons. The van der Waals surface area contributed by atoms with Crippen molar-refractivity contribution in [2.75, 3.05) is 6.54 Å². The van der Waals surface area contributed by atoms with E-state index >= 15 is 0 Å². The summed E-state index contributed by atoms with van der Waals surface area (Å²) in [6.45, 7) is 9.02. The molecule has 6 nitrogen and oxygen atoms in total. The lowest BCUT2D eigenvalue weighted by Crippen LogP contribution is -2.23. The molecular weight excluding hydrogens is 436 g/mol. The van der Waals surface area contributed by atoms with Crippen LogP contribution in [0.2, 0.25) is 0 Å². The summed E-state index contributed by atoms with van der Waals surface area (Å²) in [7, 11) is 0. The van der Waals surface area contributed by atoms with Gasteiger partial charge in [-0.15, -0.1) is 12.4 Å². The van der Waals surface area contributed by atoms with Gasteiger partial charge in [-0.3, -0.25) is 19.1 Å². The van der Waals surface area contributed by atoms with Crippen molar-refractivity contribution in [3.8, 4) is 0 Å². The number of nitrogens with one attached hydrogen (secondary N) is 1. The normalized spacial score (nSPS) is 11.3. The van der Waals surface area contributed by atoms with Gasteiger partial charge < -0.3 is 5.32 Å². The molecule has 0 unspecified atom stereocenters. The number of nitrogens with zero attached hydrogens (tertiary/aromatic N) is 3. The summed E-state index contributed by atoms with van der Waals surface area (Å²) in [5.74, 6) is 0.347. The summed E-state index contributed by atoms with van der Waals surface area (Å²) >= 11 is 0. The van der Waals surface area contributed by atoms with Gasteiger partial charge in [0.1, 0.15) is 6.33 Å². The van der Waals surface area contributed by atoms with Crippen LogP contribution in [0.4, 0.5) is 0 Å². The number of unbranched alkanes of at least 4 members (excludes halogenated alkanes) is 1. The van der Waals surface area contributed by atoms with Gasteiger partial charge in [-0.25, -0.2) is 4.98 Å². The number of amides is 1. The van der Waals surface area contributed by atoms with Gasteiger partial charge in [0.2, 0.25) is 5.91 Å². The van der Waals surface area contributed by atoms with Gasteiger partial charge in [0.05, 0.1) is 10.9 Å². The van der Waals surface area contributed by atoms with Gasteiger partial charge in [0.15, 0.2) is 0 Å². The lowest BCUT2D eigenvalue weighted by Gasteiger charge is -2.14. The molecule has 33 heavy (non-hydrogen) atoms. The maximum atomic E-state index is 13.1. The predicted octanol–water partition coefficient (Wildman–Crippen LogP) is 5.07. The Bertz CT molecular complexity index is 1150. The van der Waals surface area contributed by atoms with E-state index in [1.807, 2.05) is 18.3 Å². The molecule has 2 aromatic heterocycles. The monoisotopic (exact) mass is 468 g/mol. The molecule has 0 aliphatic heterocycles. The van der Waals surface area contributed by atoms with Gasteiger partial charge in [-0.05, 0) is 59.9 Å². The van der Waals surface area contributed by atoms with Crippen LogP contribution in [-0.4, -0.2) is 27.0 Å². The third-order valence-electron chi connectivity index (χ3n) is 5.53. The quantitative estimate of drug-likeness (QED) is 0.351. The molecule has 0 spiro atoms. The Morgan fingerprint density at radius 1 is 1.15 bits per heavy atom. The van der Waals surface area contributed by atoms with E-state index in [0.29, 0.717) is 17.8 Å². The Labute approximate surface area is 201 Å². The van der Waals surface area contributed by atoms with E-state index in [9.17, 15) is 9.59 Å². The van der Waals surface area contributed by atoms with E-state index in [2.05, 4.69) is 55.1 Å². The highest BCUT2D eigenvalue weighted by atomic mass is 35.5. The average Bonchev–Trinajstić information content (AvgIpc) is 2.78. The summed E-state index contributed by atoms with van der Waals surface area (Å²) in [4.78, 5) is 33.9. The number of halogens is 1. The number of aryl methyl sites for hydroxylation is 1. The molecule has 0 aliphatic rings. The average molecular weight is 469 g/mol. The zero-order valence-electron chi connectivity index (χ0n) is 19.7. The largest absolute Gasteiger partial charge is 0.353 e. The van der Waals surface area contributed by atoms with Crippen LogP contribution in [0.15, 0.2) is 53.9 Å². The van der Waals surface area contributed by atoms with E-state index in [4.69, 9.17) is 0 Å². The van der Waals surface area contributed by atoms with E-state index in [1.54, 1.807) is 6.20 Å². The Hall–Kier alpha value is -2.99. The predicted molar refractivity (Wildman–Crippen MR) is 137 cm³/mol. The maximum Gasteiger partial charge on any atom is 0.265 e. The number of benzene rings is 1. The number of carbonyl (C=O) groups is 1. The molecule has 3 rings (SSSR count). The molecule has 1 amide bonds. The number of hydrogen-bond acceptors (Lipinski definition) is 4. The van der Waals surface area contributed by atoms with Crippen LogP contribution in [0.25, 0.3) is 17.1 Å². The summed E-state index contributed by atoms with van der Waals surface area (Å²) in [6.07, 6.45) is 10.8. The minimum absolute atomic E-state index is 0. The molecular formula is C26H33ClN4O2. The number of fused-ring (bicyclic) bond motifs is 1. The summed E-state index contributed by atoms with van der Waals surface area (Å²) in [5.41, 5.74) is 3.95. The van der Waals surface area contributed by atoms with E-state index in [-0.39, 0.29) is 29.8 Å². The first-order valence-corrected chi connectivity index (χ1v) is 11.3. The van der Waals surface area contributed by atoms with Crippen LogP contribution in [0.3, 0.4) is 0 Å². The zero-order chi connectivity index (χ0) is 23.1. The lowest BCUT2D eigenvalue weighted by atomic mass is 9.93. The molecule has 2 heterocycles. The molecule has 1 N–H and O–H groups in total. The zero-order valence-corrected chi connectivity index (χ0v) is 20.6. The summed E-state index contributed by atoms with van der Waals surface area (Å²) in [6, 6.07) is 8.05. The molecule has 0 fully saturated rings. The Morgan fingerprint density at radius 2 is 1.94 bits per heavy atom. The molecule has 1 aromatic carbocycles. The molecule has 0 bridgehead atoms. The fourth-order valence-electron chi connectivity index (χ4n) is 3.60. The first kappa shape index (κ1) is 26.3. The number of rotatable bonds is 9. The van der Waals surface area contributed by atoms with Gasteiger partial charge in [0, 0.05) is 31.2 Å². The molecule has 0 atom stereocenters. The maximum absolute atomic E-state index is 13.1. The topological polar surface area (TPSA) is 76.9 Å². The molecule has 0 saturated carbocycles. The van der Waals surface area contributed by atoms with E-state index in [1.165, 1.54) is 28.7 Å². The minimum Gasteiger partial charge on any atom is -0.353 e. The van der Waals surface area contributed by atoms with Crippen LogP contribution in [0, 0.1) is 0 Å². The highest BCUT2D eigenvalue weighted by molar-refractivity contribution is 5.90. The third-order valence-corrected chi connectivity index (χ3v) is 5.53. The standard InChI is InChI=1S/C26H32N4O2.ClH/c1-18(2)21-14-22(19(3)4)25-23(15-21)26(32)30(17-29-25)13-10-24(31)28-12-6-5-8-20-9-7-11-27-16-20;/h7,9-11,13-19H,5-6,8,12H2,1-4H3,(H,28,31);1H. The van der Waals surface area contributed by atoms with Crippen molar-refractivity contribution >= 4 is 35.4 Å². The number of aromatic nitrogens is 3. The molecule has 0 radical (unpaired) electrons. The summed E-state index contributed by atoms with van der Waals surface area (Å²) in [5, 5.41) is 3.45. The van der Waals surface area contributed by atoms with Gasteiger partial charge in [0.25, 0.3) is 5.56 Å². The van der Waals surface area contributed by atoms with Gasteiger partial charge >= 0.3 is 0 Å². The first-order chi connectivity index (χ1) is 15.4. The smallest absolute Gasteiger partial charge is 0.265 e. The first-order valence-electron chi connectivity index (χ1n) is 11.3. The highest BCUT2D eigenvalue weighted by Gasteiger charge is 2.14. The van der Waals surface area contributed by atoms with Gasteiger partial charge in [-0.2, -0.15) is 0 Å². The van der Waals surface area contributed by atoms with Crippen molar-refractivity contribution < 1.29 is 4.79 Å². The summed E-state index contributed by atoms with van der Waals surface area (Å²) < 4.78 is 1.37. The van der Waals surface area contributed by atoms with E-state index in [0.717, 1.165) is 35.9 Å². The second kappa shape index (κ2) is 12.3. The molecule has 0 aliphatic carbocycles. The molecule has 3 aromatic rings. The Morgan fingerprint density at radius 3 is 2.61 bits per heavy atom. The lowest BCUT2D eigenvalue weighted by molar-refractivity contribution is -0.116. The van der Waals surface area contributed by atoms with Crippen molar-refractivity contribution in [3.05, 3.63) is 76.1 Å². The van der Waals surface area contributed by atoms with Crippen LogP contribution < -0.4 is 10.9 Å². The highest BCUT2D eigenvalue weighted by Crippen LogP contribution is 2.27. The molecule has 7 heteroatoms. The second-order valence-electron chi connectivity index (χ2n) is 8.70. The Balaban J connectivity index is 0.00000385. The van der Waals surface area contributed by atoms with Crippen molar-refractivity contribution in [1.29, 1.82) is 0 Å². The van der Waals surface area contributed by atoms with Crippen molar-refractivity contribution in [3.63, 3.8) is 0 Å². The van der Waals surface area contributed by atoms with Crippen LogP contribution in [-0.2, 0) is 11.2 Å². The van der Waals surface area contributed by atoms with Crippen LogP contribution in [0.5, 0.6) is 0 Å². The number of pyridine rings is 1. The van der Waals surface area contributed by atoms with Crippen molar-refractivity contribution in [2.24, 2.45) is 0 Å². The van der Waals surface area contributed by atoms with Crippen LogP contribution >= 0.6 is 12.4 Å². The molecule has 0 saturated heterocycles. The van der Waals surface area contributed by atoms with Crippen molar-refractivity contribution in [2.45, 2.75) is 58.8 Å². The van der Waals surface area contributed by atoms with Gasteiger partial charge in [-0.1, -0.05) is 39.8 Å². The number of carbonyl (C=O) groups excluding carboxylic acids is 1.